The van der Waals surface area contributed by atoms with Crippen LogP contribution in [0.3, 0.4) is 0 Å². The summed E-state index contributed by atoms with van der Waals surface area (Å²) in [5, 5.41) is 12.8. The van der Waals surface area contributed by atoms with Gasteiger partial charge in [0.2, 0.25) is 0 Å². The van der Waals surface area contributed by atoms with Gasteiger partial charge >= 0.3 is 0 Å². The highest BCUT2D eigenvalue weighted by Gasteiger charge is 2.39. The third-order valence-corrected chi connectivity index (χ3v) is 5.26. The maximum atomic E-state index is 13.9. The lowest BCUT2D eigenvalue weighted by molar-refractivity contribution is 0.0952. The molecule has 2 heterocycles. The minimum Gasteiger partial charge on any atom is -0.486 e. The van der Waals surface area contributed by atoms with Crippen molar-refractivity contribution in [2.45, 2.75) is 18.6 Å². The number of halogens is 1. The van der Waals surface area contributed by atoms with Gasteiger partial charge in [0.1, 0.15) is 31.2 Å². The number of benzene rings is 2. The van der Waals surface area contributed by atoms with Crippen LogP contribution in [0.2, 0.25) is 0 Å². The molecule has 1 aliphatic rings. The zero-order chi connectivity index (χ0) is 21.8. The van der Waals surface area contributed by atoms with Gasteiger partial charge in [-0.2, -0.15) is 0 Å². The van der Waals surface area contributed by atoms with E-state index in [0.717, 1.165) is 5.56 Å². The van der Waals surface area contributed by atoms with E-state index in [1.165, 1.54) is 13.1 Å². The molecule has 9 heteroatoms. The van der Waals surface area contributed by atoms with Gasteiger partial charge in [-0.05, 0) is 17.7 Å². The molecule has 0 aliphatic carbocycles. The Labute approximate surface area is 178 Å². The van der Waals surface area contributed by atoms with Crippen LogP contribution in [0, 0.1) is 0 Å². The van der Waals surface area contributed by atoms with E-state index in [2.05, 4.69) is 20.8 Å². The standard InChI is InChI=1S/C22H22FN5O3/c1-24-22(30)17-10-15(21(29)25-7-8-28-12-26-27-13-28)9-16-19(14-5-3-2-4-6-14)18(11-23)31-20(16)17/h2-6,9-10,12-13,18-19H,7-8,11H2,1H3,(H,24,30)(H,25,29)/t18-,19+/m1/s1. The Morgan fingerprint density at radius 1 is 1.13 bits per heavy atom. The summed E-state index contributed by atoms with van der Waals surface area (Å²) in [5.74, 6) is -0.843. The number of ether oxygens (including phenoxy) is 1. The number of aromatic nitrogens is 3. The highest BCUT2D eigenvalue weighted by Crippen LogP contribution is 2.45. The molecule has 0 saturated carbocycles. The molecular formula is C22H22FN5O3. The van der Waals surface area contributed by atoms with Gasteiger partial charge in [0.05, 0.1) is 11.5 Å². The fourth-order valence-electron chi connectivity index (χ4n) is 3.78. The van der Waals surface area contributed by atoms with Crippen molar-refractivity contribution < 1.29 is 18.7 Å². The van der Waals surface area contributed by atoms with Crippen molar-refractivity contribution >= 4 is 11.8 Å². The number of alkyl halides is 1. The maximum Gasteiger partial charge on any atom is 0.254 e. The first kappa shape index (κ1) is 20.5. The van der Waals surface area contributed by atoms with E-state index in [-0.39, 0.29) is 11.5 Å². The average Bonchev–Trinajstić information content (AvgIpc) is 3.45. The van der Waals surface area contributed by atoms with Gasteiger partial charge < -0.3 is 19.9 Å². The number of nitrogens with zero attached hydrogens (tertiary/aromatic N) is 3. The molecule has 1 aliphatic heterocycles. The predicted octanol–water partition coefficient (Wildman–Crippen LogP) is 1.93. The van der Waals surface area contributed by atoms with Gasteiger partial charge in [0.25, 0.3) is 11.8 Å². The number of carbonyl (C=O) groups is 2. The number of fused-ring (bicyclic) bond motifs is 1. The van der Waals surface area contributed by atoms with Crippen LogP contribution < -0.4 is 15.4 Å². The molecule has 1 aromatic heterocycles. The van der Waals surface area contributed by atoms with E-state index < -0.39 is 24.6 Å². The molecule has 0 radical (unpaired) electrons. The first-order chi connectivity index (χ1) is 15.1. The summed E-state index contributed by atoms with van der Waals surface area (Å²) in [5.41, 5.74) is 2.00. The molecule has 0 bridgehead atoms. The molecule has 8 nitrogen and oxygen atoms in total. The maximum absolute atomic E-state index is 13.9. The van der Waals surface area contributed by atoms with Crippen LogP contribution in [-0.2, 0) is 6.54 Å². The first-order valence-electron chi connectivity index (χ1n) is 9.90. The van der Waals surface area contributed by atoms with Crippen LogP contribution in [0.15, 0.2) is 55.1 Å². The van der Waals surface area contributed by atoms with E-state index >= 15 is 0 Å². The van der Waals surface area contributed by atoms with Gasteiger partial charge in [-0.25, -0.2) is 4.39 Å². The summed E-state index contributed by atoms with van der Waals surface area (Å²) in [6.45, 7) is 0.141. The summed E-state index contributed by atoms with van der Waals surface area (Å²) in [7, 11) is 1.50. The largest absolute Gasteiger partial charge is 0.486 e. The minimum atomic E-state index is -0.771. The average molecular weight is 423 g/mol. The highest BCUT2D eigenvalue weighted by molar-refractivity contribution is 6.02. The van der Waals surface area contributed by atoms with Crippen molar-refractivity contribution in [3.8, 4) is 5.75 Å². The number of carbonyl (C=O) groups excluding carboxylic acids is 2. The molecule has 0 saturated heterocycles. The fraction of sp³-hybridized carbons (Fsp3) is 0.273. The highest BCUT2D eigenvalue weighted by atomic mass is 19.1. The van der Waals surface area contributed by atoms with Crippen molar-refractivity contribution in [2.75, 3.05) is 20.3 Å². The van der Waals surface area contributed by atoms with Crippen LogP contribution in [-0.4, -0.2) is 52.9 Å². The van der Waals surface area contributed by atoms with Gasteiger partial charge in [0, 0.05) is 31.3 Å². The molecule has 31 heavy (non-hydrogen) atoms. The zero-order valence-corrected chi connectivity index (χ0v) is 16.9. The van der Waals surface area contributed by atoms with Gasteiger partial charge in [-0.15, -0.1) is 10.2 Å². The number of amides is 2. The molecular weight excluding hydrogens is 401 g/mol. The monoisotopic (exact) mass is 423 g/mol. The molecule has 160 valence electrons. The van der Waals surface area contributed by atoms with Crippen molar-refractivity contribution in [2.24, 2.45) is 0 Å². The van der Waals surface area contributed by atoms with Crippen molar-refractivity contribution in [3.63, 3.8) is 0 Å². The Morgan fingerprint density at radius 2 is 1.87 bits per heavy atom. The van der Waals surface area contributed by atoms with Gasteiger partial charge in [-0.3, -0.25) is 9.59 Å². The normalized spacial score (nSPS) is 17.0. The molecule has 2 atom stereocenters. The van der Waals surface area contributed by atoms with Crippen molar-refractivity contribution in [1.82, 2.24) is 25.4 Å². The van der Waals surface area contributed by atoms with Crippen LogP contribution in [0.4, 0.5) is 4.39 Å². The number of rotatable bonds is 7. The third kappa shape index (κ3) is 4.11. The molecule has 0 unspecified atom stereocenters. The van der Waals surface area contributed by atoms with Crippen LogP contribution in [0.25, 0.3) is 0 Å². The number of hydrogen-bond acceptors (Lipinski definition) is 5. The molecule has 3 aromatic rings. The third-order valence-electron chi connectivity index (χ3n) is 5.26. The van der Waals surface area contributed by atoms with E-state index in [0.29, 0.717) is 30.0 Å². The lowest BCUT2D eigenvalue weighted by Crippen LogP contribution is -2.28. The summed E-state index contributed by atoms with van der Waals surface area (Å²) in [4.78, 5) is 25.4. The Balaban J connectivity index is 1.68. The van der Waals surface area contributed by atoms with E-state index in [1.807, 2.05) is 30.3 Å². The summed E-state index contributed by atoms with van der Waals surface area (Å²) in [6.07, 6.45) is 2.35. The SMILES string of the molecule is CNC(=O)c1cc(C(=O)NCCn2cnnc2)cc2c1O[C@H](CF)[C@H]2c1ccccc1. The number of nitrogens with one attached hydrogen (secondary N) is 2. The summed E-state index contributed by atoms with van der Waals surface area (Å²) in [6, 6.07) is 12.5. The second kappa shape index (κ2) is 8.95. The number of hydrogen-bond donors (Lipinski definition) is 2. The summed E-state index contributed by atoms with van der Waals surface area (Å²) >= 11 is 0. The Morgan fingerprint density at radius 3 is 2.55 bits per heavy atom. The Kier molecular flexibility index (Phi) is 5.92. The molecule has 4 rings (SSSR count). The van der Waals surface area contributed by atoms with Crippen LogP contribution in [0.5, 0.6) is 5.75 Å². The molecule has 2 N–H and O–H groups in total. The smallest absolute Gasteiger partial charge is 0.254 e. The molecule has 2 amide bonds. The predicted molar refractivity (Wildman–Crippen MR) is 111 cm³/mol. The Hall–Kier alpha value is -3.75. The van der Waals surface area contributed by atoms with Crippen molar-refractivity contribution in [1.29, 1.82) is 0 Å². The van der Waals surface area contributed by atoms with E-state index in [9.17, 15) is 14.0 Å². The molecule has 0 spiro atoms. The van der Waals surface area contributed by atoms with E-state index in [1.54, 1.807) is 23.3 Å². The molecule has 0 fully saturated rings. The fourth-order valence-corrected chi connectivity index (χ4v) is 3.78. The molecule has 2 aromatic carbocycles. The van der Waals surface area contributed by atoms with Gasteiger partial charge in [-0.1, -0.05) is 30.3 Å². The lowest BCUT2D eigenvalue weighted by Gasteiger charge is -2.16. The Bertz CT molecular complexity index is 1070. The topological polar surface area (TPSA) is 98.1 Å². The minimum absolute atomic E-state index is 0.209. The van der Waals surface area contributed by atoms with Crippen molar-refractivity contribution in [3.05, 3.63) is 77.4 Å². The zero-order valence-electron chi connectivity index (χ0n) is 16.9. The first-order valence-corrected chi connectivity index (χ1v) is 9.90. The second-order valence-electron chi connectivity index (χ2n) is 7.18. The van der Waals surface area contributed by atoms with Crippen LogP contribution in [0.1, 0.15) is 37.8 Å². The lowest BCUT2D eigenvalue weighted by atomic mass is 9.86. The quantitative estimate of drug-likeness (QED) is 0.605. The van der Waals surface area contributed by atoms with Crippen LogP contribution >= 0.6 is 0 Å². The summed E-state index contributed by atoms with van der Waals surface area (Å²) < 4.78 is 21.5. The second-order valence-corrected chi connectivity index (χ2v) is 7.18. The van der Waals surface area contributed by atoms with Gasteiger partial charge in [0.15, 0.2) is 0 Å². The van der Waals surface area contributed by atoms with E-state index in [4.69, 9.17) is 4.74 Å².